The second-order valence-corrected chi connectivity index (χ2v) is 2.26. The molecule has 0 fully saturated rings. The summed E-state index contributed by atoms with van der Waals surface area (Å²) in [6.45, 7) is 5.96. The topological polar surface area (TPSA) is 12.4 Å². The van der Waals surface area contributed by atoms with Crippen molar-refractivity contribution in [3.8, 4) is 11.8 Å². The minimum Gasteiger partial charge on any atom is -0.269 e. The van der Waals surface area contributed by atoms with Crippen molar-refractivity contribution in [2.24, 2.45) is 10.9 Å². The van der Waals surface area contributed by atoms with Gasteiger partial charge < -0.3 is 0 Å². The third kappa shape index (κ3) is 6.86. The Morgan fingerprint density at radius 2 is 2.27 bits per heavy atom. The maximum Gasteiger partial charge on any atom is 0.0371 e. The molecule has 0 spiro atoms. The van der Waals surface area contributed by atoms with Gasteiger partial charge in [-0.2, -0.15) is 0 Å². The van der Waals surface area contributed by atoms with Gasteiger partial charge in [0.2, 0.25) is 0 Å². The molecule has 1 unspecified atom stereocenters. The van der Waals surface area contributed by atoms with Gasteiger partial charge >= 0.3 is 0 Å². The van der Waals surface area contributed by atoms with E-state index in [4.69, 9.17) is 0 Å². The maximum atomic E-state index is 4.04. The van der Waals surface area contributed by atoms with Gasteiger partial charge in [-0.15, -0.1) is 5.92 Å². The lowest BCUT2D eigenvalue weighted by molar-refractivity contribution is 0.975. The van der Waals surface area contributed by atoms with Crippen LogP contribution in [-0.4, -0.2) is 6.21 Å². The predicted molar refractivity (Wildman–Crippen MR) is 50.5 cm³/mol. The molecule has 0 aromatic heterocycles. The van der Waals surface area contributed by atoms with Crippen molar-refractivity contribution < 1.29 is 0 Å². The fourth-order valence-electron chi connectivity index (χ4n) is 0.621. The summed E-state index contributed by atoms with van der Waals surface area (Å²) in [5.74, 6) is 6.18. The summed E-state index contributed by atoms with van der Waals surface area (Å²) in [7, 11) is 0. The monoisotopic (exact) mass is 149 g/mol. The number of allylic oxidation sites excluding steroid dienone is 1. The first-order valence-corrected chi connectivity index (χ1v) is 3.91. The third-order valence-electron chi connectivity index (χ3n) is 1.12. The molecule has 60 valence electrons. The van der Waals surface area contributed by atoms with E-state index in [1.54, 1.807) is 6.20 Å². The fraction of sp³-hybridized carbons (Fsp3) is 0.500. The van der Waals surface area contributed by atoms with Gasteiger partial charge in [0.25, 0.3) is 0 Å². The van der Waals surface area contributed by atoms with Crippen LogP contribution in [0.5, 0.6) is 0 Å². The van der Waals surface area contributed by atoms with E-state index in [0.717, 1.165) is 6.42 Å². The molecule has 1 atom stereocenters. The van der Waals surface area contributed by atoms with Crippen molar-refractivity contribution in [1.82, 2.24) is 0 Å². The fourth-order valence-corrected chi connectivity index (χ4v) is 0.621. The van der Waals surface area contributed by atoms with Gasteiger partial charge in [0.1, 0.15) is 0 Å². The Labute approximate surface area is 69.2 Å². The Hall–Kier alpha value is -1.03. The van der Waals surface area contributed by atoms with E-state index < -0.39 is 0 Å². The van der Waals surface area contributed by atoms with E-state index >= 15 is 0 Å². The molecule has 0 radical (unpaired) electrons. The maximum absolute atomic E-state index is 4.04. The molecule has 0 heterocycles. The summed E-state index contributed by atoms with van der Waals surface area (Å²) in [5, 5.41) is 0. The van der Waals surface area contributed by atoms with Crippen molar-refractivity contribution in [2.45, 2.75) is 27.2 Å². The number of aliphatic imine (C=N–C) groups is 1. The lowest BCUT2D eigenvalue weighted by Crippen LogP contribution is -1.80. The van der Waals surface area contributed by atoms with Crippen LogP contribution in [0.2, 0.25) is 0 Å². The van der Waals surface area contributed by atoms with Crippen LogP contribution < -0.4 is 0 Å². The van der Waals surface area contributed by atoms with Crippen LogP contribution in [0, 0.1) is 17.8 Å². The molecule has 0 bridgehead atoms. The van der Waals surface area contributed by atoms with E-state index in [1.165, 1.54) is 0 Å². The second-order valence-electron chi connectivity index (χ2n) is 2.26. The van der Waals surface area contributed by atoms with Crippen molar-refractivity contribution in [3.05, 3.63) is 12.3 Å². The first-order chi connectivity index (χ1) is 5.31. The minimum absolute atomic E-state index is 0.314. The highest BCUT2D eigenvalue weighted by Crippen LogP contribution is 1.93. The zero-order valence-electron chi connectivity index (χ0n) is 7.46. The molecule has 0 N–H and O–H groups in total. The third-order valence-corrected chi connectivity index (χ3v) is 1.12. The highest BCUT2D eigenvalue weighted by Gasteiger charge is 1.84. The SMILES string of the molecule is CC#CC(C)/C=C\N=C/CC. The molecular formula is C10H15N. The first-order valence-electron chi connectivity index (χ1n) is 3.91. The quantitative estimate of drug-likeness (QED) is 0.432. The Bertz CT molecular complexity index is 191. The predicted octanol–water partition coefficient (Wildman–Crippen LogP) is 2.64. The van der Waals surface area contributed by atoms with Crippen LogP contribution in [0.4, 0.5) is 0 Å². The number of nitrogens with zero attached hydrogens (tertiary/aromatic N) is 1. The van der Waals surface area contributed by atoms with Crippen molar-refractivity contribution in [1.29, 1.82) is 0 Å². The van der Waals surface area contributed by atoms with Gasteiger partial charge in [-0.3, -0.25) is 4.99 Å². The molecule has 0 aliphatic rings. The van der Waals surface area contributed by atoms with Crippen LogP contribution >= 0.6 is 0 Å². The number of hydrogen-bond acceptors (Lipinski definition) is 1. The molecule has 0 saturated heterocycles. The van der Waals surface area contributed by atoms with Gasteiger partial charge in [-0.1, -0.05) is 18.9 Å². The molecular weight excluding hydrogens is 134 g/mol. The van der Waals surface area contributed by atoms with E-state index in [0.29, 0.717) is 5.92 Å². The summed E-state index contributed by atoms with van der Waals surface area (Å²) in [4.78, 5) is 4.04. The van der Waals surface area contributed by atoms with Crippen LogP contribution in [0.1, 0.15) is 27.2 Å². The minimum atomic E-state index is 0.314. The van der Waals surface area contributed by atoms with E-state index in [9.17, 15) is 0 Å². The Balaban J connectivity index is 3.70. The Morgan fingerprint density at radius 1 is 1.55 bits per heavy atom. The molecule has 1 nitrogen and oxygen atoms in total. The smallest absolute Gasteiger partial charge is 0.0371 e. The number of rotatable bonds is 3. The zero-order chi connectivity index (χ0) is 8.53. The van der Waals surface area contributed by atoms with Crippen LogP contribution in [0.25, 0.3) is 0 Å². The molecule has 0 rings (SSSR count). The van der Waals surface area contributed by atoms with Gasteiger partial charge in [0.15, 0.2) is 0 Å². The van der Waals surface area contributed by atoms with E-state index in [2.05, 4.69) is 30.7 Å². The summed E-state index contributed by atoms with van der Waals surface area (Å²) < 4.78 is 0. The van der Waals surface area contributed by atoms with Crippen molar-refractivity contribution in [3.63, 3.8) is 0 Å². The summed E-state index contributed by atoms with van der Waals surface area (Å²) in [6, 6.07) is 0. The number of hydrogen-bond donors (Lipinski definition) is 0. The highest BCUT2D eigenvalue weighted by atomic mass is 14.7. The average Bonchev–Trinajstić information content (AvgIpc) is 1.99. The lowest BCUT2D eigenvalue weighted by Gasteiger charge is -1.89. The summed E-state index contributed by atoms with van der Waals surface area (Å²) in [6.07, 6.45) is 6.65. The molecule has 0 aromatic rings. The molecule has 11 heavy (non-hydrogen) atoms. The van der Waals surface area contributed by atoms with E-state index in [-0.39, 0.29) is 0 Å². The Morgan fingerprint density at radius 3 is 2.82 bits per heavy atom. The normalized spacial score (nSPS) is 13.4. The zero-order valence-corrected chi connectivity index (χ0v) is 7.46. The largest absolute Gasteiger partial charge is 0.269 e. The lowest BCUT2D eigenvalue weighted by atomic mass is 10.2. The van der Waals surface area contributed by atoms with Crippen molar-refractivity contribution in [2.75, 3.05) is 0 Å². The van der Waals surface area contributed by atoms with Crippen LogP contribution in [-0.2, 0) is 0 Å². The summed E-state index contributed by atoms with van der Waals surface area (Å²) >= 11 is 0. The standard InChI is InChI=1S/C10H15N/c1-4-6-10(3)7-9-11-8-5-2/h7-10H,5H2,1-3H3/b9-7-,11-8-. The second kappa shape index (κ2) is 7.08. The molecule has 0 aliphatic heterocycles. The molecule has 1 heteroatoms. The average molecular weight is 149 g/mol. The van der Waals surface area contributed by atoms with Gasteiger partial charge in [-0.25, -0.2) is 0 Å². The molecule has 0 saturated carbocycles. The highest BCUT2D eigenvalue weighted by molar-refractivity contribution is 5.57. The summed E-state index contributed by atoms with van der Waals surface area (Å²) in [5.41, 5.74) is 0. The van der Waals surface area contributed by atoms with Crippen molar-refractivity contribution >= 4 is 6.21 Å². The molecule has 0 aliphatic carbocycles. The van der Waals surface area contributed by atoms with Crippen LogP contribution in [0.3, 0.4) is 0 Å². The molecule has 0 aromatic carbocycles. The van der Waals surface area contributed by atoms with E-state index in [1.807, 2.05) is 19.2 Å². The Kier molecular flexibility index (Phi) is 6.42. The van der Waals surface area contributed by atoms with Gasteiger partial charge in [-0.05, 0) is 20.3 Å². The van der Waals surface area contributed by atoms with Crippen LogP contribution in [0.15, 0.2) is 17.3 Å². The van der Waals surface area contributed by atoms with Gasteiger partial charge in [0.05, 0.1) is 0 Å². The first kappa shape index (κ1) is 9.97. The molecule has 0 amide bonds. The van der Waals surface area contributed by atoms with Gasteiger partial charge in [0, 0.05) is 18.3 Å².